The Kier molecular flexibility index (Phi) is 4.75. The quantitative estimate of drug-likeness (QED) is 0.753. The summed E-state index contributed by atoms with van der Waals surface area (Å²) in [7, 11) is 1.71. The number of aromatic amines is 1. The summed E-state index contributed by atoms with van der Waals surface area (Å²) >= 11 is 1.58. The molecule has 1 saturated heterocycles. The van der Waals surface area contributed by atoms with Crippen LogP contribution in [-0.4, -0.2) is 41.2 Å². The van der Waals surface area contributed by atoms with Crippen molar-refractivity contribution in [2.24, 2.45) is 0 Å². The lowest BCUT2D eigenvalue weighted by Crippen LogP contribution is -2.37. The van der Waals surface area contributed by atoms with Gasteiger partial charge in [-0.2, -0.15) is 5.10 Å². The molecule has 1 fully saturated rings. The first-order chi connectivity index (χ1) is 12.8. The maximum Gasteiger partial charge on any atom is 0.254 e. The van der Waals surface area contributed by atoms with E-state index in [9.17, 15) is 4.79 Å². The van der Waals surface area contributed by atoms with Gasteiger partial charge in [-0.05, 0) is 36.5 Å². The molecule has 0 spiro atoms. The summed E-state index contributed by atoms with van der Waals surface area (Å²) in [5, 5.41) is 8.72. The van der Waals surface area contributed by atoms with Crippen molar-refractivity contribution >= 4 is 17.2 Å². The van der Waals surface area contributed by atoms with Crippen molar-refractivity contribution in [3.05, 3.63) is 59.2 Å². The second-order valence-electron chi connectivity index (χ2n) is 6.50. The van der Waals surface area contributed by atoms with Crippen molar-refractivity contribution in [3.8, 4) is 16.2 Å². The summed E-state index contributed by atoms with van der Waals surface area (Å²) in [4.78, 5) is 15.9. The smallest absolute Gasteiger partial charge is 0.254 e. The number of carbonyl (C=O) groups excluding carboxylic acids is 1. The van der Waals surface area contributed by atoms with Crippen LogP contribution in [0.3, 0.4) is 0 Å². The van der Waals surface area contributed by atoms with E-state index in [2.05, 4.69) is 22.3 Å². The SMILES string of the molecule is COc1ccccc1C1CCN(C(=O)c2csc(-c3cn[nH]c3)c2)CC1. The van der Waals surface area contributed by atoms with Gasteiger partial charge in [-0.15, -0.1) is 11.3 Å². The van der Waals surface area contributed by atoms with Crippen LogP contribution in [0.1, 0.15) is 34.7 Å². The molecule has 2 aromatic heterocycles. The van der Waals surface area contributed by atoms with Gasteiger partial charge in [0.15, 0.2) is 0 Å². The fourth-order valence-electron chi connectivity index (χ4n) is 3.57. The average Bonchev–Trinajstić information content (AvgIpc) is 3.39. The lowest BCUT2D eigenvalue weighted by molar-refractivity contribution is 0.0713. The lowest BCUT2D eigenvalue weighted by atomic mass is 9.88. The fraction of sp³-hybridized carbons (Fsp3) is 0.300. The molecule has 1 aliphatic heterocycles. The van der Waals surface area contributed by atoms with Crippen LogP contribution >= 0.6 is 11.3 Å². The van der Waals surface area contributed by atoms with Crippen LogP contribution in [0.4, 0.5) is 0 Å². The Hall–Kier alpha value is -2.60. The molecule has 6 heteroatoms. The van der Waals surface area contributed by atoms with Crippen LogP contribution in [0.15, 0.2) is 48.1 Å². The van der Waals surface area contributed by atoms with Crippen molar-refractivity contribution in [1.29, 1.82) is 0 Å². The standard InChI is InChI=1S/C20H21N3O2S/c1-25-18-5-3-2-4-17(18)14-6-8-23(9-7-14)20(24)15-10-19(26-13-15)16-11-21-22-12-16/h2-5,10-14H,6-9H2,1H3,(H,21,22). The molecule has 0 aliphatic carbocycles. The molecule has 5 nitrogen and oxygen atoms in total. The van der Waals surface area contributed by atoms with Gasteiger partial charge in [0.2, 0.25) is 0 Å². The molecule has 3 aromatic rings. The van der Waals surface area contributed by atoms with Gasteiger partial charge in [-0.3, -0.25) is 9.89 Å². The number of aromatic nitrogens is 2. The van der Waals surface area contributed by atoms with Crippen molar-refractivity contribution in [2.75, 3.05) is 20.2 Å². The maximum absolute atomic E-state index is 12.8. The van der Waals surface area contributed by atoms with Gasteiger partial charge in [-0.1, -0.05) is 18.2 Å². The number of amides is 1. The zero-order valence-corrected chi connectivity index (χ0v) is 15.5. The Morgan fingerprint density at radius 3 is 2.85 bits per heavy atom. The van der Waals surface area contributed by atoms with E-state index in [1.165, 1.54) is 5.56 Å². The number of piperidine rings is 1. The predicted molar refractivity (Wildman–Crippen MR) is 103 cm³/mol. The highest BCUT2D eigenvalue weighted by Crippen LogP contribution is 2.35. The van der Waals surface area contributed by atoms with E-state index in [1.54, 1.807) is 24.6 Å². The summed E-state index contributed by atoms with van der Waals surface area (Å²) in [6.07, 6.45) is 5.55. The first-order valence-electron chi connectivity index (χ1n) is 8.76. The van der Waals surface area contributed by atoms with E-state index >= 15 is 0 Å². The Morgan fingerprint density at radius 2 is 2.12 bits per heavy atom. The molecule has 0 atom stereocenters. The third kappa shape index (κ3) is 3.24. The van der Waals surface area contributed by atoms with Crippen LogP contribution in [0.2, 0.25) is 0 Å². The predicted octanol–water partition coefficient (Wildman–Crippen LogP) is 4.17. The molecule has 26 heavy (non-hydrogen) atoms. The van der Waals surface area contributed by atoms with Gasteiger partial charge in [0, 0.05) is 35.1 Å². The highest BCUT2D eigenvalue weighted by molar-refractivity contribution is 7.13. The number of nitrogens with one attached hydrogen (secondary N) is 1. The molecule has 0 radical (unpaired) electrons. The van der Waals surface area contributed by atoms with E-state index in [0.29, 0.717) is 5.92 Å². The molecule has 1 amide bonds. The maximum atomic E-state index is 12.8. The summed E-state index contributed by atoms with van der Waals surface area (Å²) in [5.41, 5.74) is 3.03. The lowest BCUT2D eigenvalue weighted by Gasteiger charge is -2.32. The Morgan fingerprint density at radius 1 is 1.31 bits per heavy atom. The highest BCUT2D eigenvalue weighted by atomic mass is 32.1. The Labute approximate surface area is 156 Å². The topological polar surface area (TPSA) is 58.2 Å². The molecule has 0 saturated carbocycles. The summed E-state index contributed by atoms with van der Waals surface area (Å²) in [5.74, 6) is 1.51. The van der Waals surface area contributed by atoms with Crippen LogP contribution in [0.25, 0.3) is 10.4 Å². The van der Waals surface area contributed by atoms with E-state index in [-0.39, 0.29) is 5.91 Å². The van der Waals surface area contributed by atoms with E-state index in [1.807, 2.05) is 34.7 Å². The number of rotatable bonds is 4. The molecule has 0 unspecified atom stereocenters. The number of nitrogens with zero attached hydrogens (tertiary/aromatic N) is 2. The van der Waals surface area contributed by atoms with Crippen molar-refractivity contribution < 1.29 is 9.53 Å². The van der Waals surface area contributed by atoms with Crippen molar-refractivity contribution in [3.63, 3.8) is 0 Å². The first kappa shape index (κ1) is 16.8. The minimum Gasteiger partial charge on any atom is -0.496 e. The number of hydrogen-bond acceptors (Lipinski definition) is 4. The normalized spacial score (nSPS) is 15.2. The molecule has 1 N–H and O–H groups in total. The first-order valence-corrected chi connectivity index (χ1v) is 9.64. The van der Waals surface area contributed by atoms with Crippen LogP contribution < -0.4 is 4.74 Å². The van der Waals surface area contributed by atoms with Gasteiger partial charge >= 0.3 is 0 Å². The number of para-hydroxylation sites is 1. The highest BCUT2D eigenvalue weighted by Gasteiger charge is 2.26. The largest absolute Gasteiger partial charge is 0.496 e. The minimum absolute atomic E-state index is 0.120. The Bertz CT molecular complexity index is 880. The number of methoxy groups -OCH3 is 1. The number of benzene rings is 1. The van der Waals surface area contributed by atoms with Crippen molar-refractivity contribution in [1.82, 2.24) is 15.1 Å². The monoisotopic (exact) mass is 367 g/mol. The third-order valence-electron chi connectivity index (χ3n) is 4.99. The van der Waals surface area contributed by atoms with E-state index < -0.39 is 0 Å². The van der Waals surface area contributed by atoms with Crippen molar-refractivity contribution in [2.45, 2.75) is 18.8 Å². The number of H-pyrrole nitrogens is 1. The second kappa shape index (κ2) is 7.33. The van der Waals surface area contributed by atoms with Gasteiger partial charge in [0.1, 0.15) is 5.75 Å². The molecule has 1 aromatic carbocycles. The number of carbonyl (C=O) groups is 1. The Balaban J connectivity index is 1.42. The minimum atomic E-state index is 0.120. The van der Waals surface area contributed by atoms with Crippen LogP contribution in [-0.2, 0) is 0 Å². The number of likely N-dealkylation sites (tertiary alicyclic amines) is 1. The van der Waals surface area contributed by atoms with Crippen LogP contribution in [0.5, 0.6) is 5.75 Å². The van der Waals surface area contributed by atoms with E-state index in [4.69, 9.17) is 4.74 Å². The van der Waals surface area contributed by atoms with E-state index in [0.717, 1.165) is 47.7 Å². The average molecular weight is 367 g/mol. The summed E-state index contributed by atoms with van der Waals surface area (Å²) in [6.45, 7) is 1.55. The van der Waals surface area contributed by atoms with Gasteiger partial charge in [0.25, 0.3) is 5.91 Å². The zero-order chi connectivity index (χ0) is 17.9. The third-order valence-corrected chi connectivity index (χ3v) is 5.97. The molecule has 134 valence electrons. The fourth-order valence-corrected chi connectivity index (χ4v) is 4.43. The van der Waals surface area contributed by atoms with Gasteiger partial charge in [0.05, 0.1) is 18.9 Å². The molecule has 0 bridgehead atoms. The zero-order valence-electron chi connectivity index (χ0n) is 14.6. The number of ether oxygens (including phenoxy) is 1. The number of thiophene rings is 1. The number of hydrogen-bond donors (Lipinski definition) is 1. The van der Waals surface area contributed by atoms with Gasteiger partial charge in [-0.25, -0.2) is 0 Å². The van der Waals surface area contributed by atoms with Gasteiger partial charge < -0.3 is 9.64 Å². The summed E-state index contributed by atoms with van der Waals surface area (Å²) in [6, 6.07) is 10.2. The molecule has 4 rings (SSSR count). The second-order valence-corrected chi connectivity index (χ2v) is 7.41. The molecular weight excluding hydrogens is 346 g/mol. The molecular formula is C20H21N3O2S. The molecule has 1 aliphatic rings. The van der Waals surface area contributed by atoms with Crippen LogP contribution in [0, 0.1) is 0 Å². The molecule has 3 heterocycles. The summed E-state index contributed by atoms with van der Waals surface area (Å²) < 4.78 is 5.49.